The van der Waals surface area contributed by atoms with Crippen LogP contribution in [0.15, 0.2) is 0 Å². The standard InChI is InChI=1S/C9H15F3O2/c1-7(14)8(4-6-13)3-2-5-9(10,11)12/h8,13H,2-6H2,1H3. The Morgan fingerprint density at radius 3 is 2.29 bits per heavy atom. The average molecular weight is 212 g/mol. The predicted octanol–water partition coefficient (Wildman–Crippen LogP) is 2.31. The van der Waals surface area contributed by atoms with Crippen LogP contribution >= 0.6 is 0 Å². The van der Waals surface area contributed by atoms with Gasteiger partial charge in [0, 0.05) is 18.9 Å². The topological polar surface area (TPSA) is 37.3 Å². The molecule has 0 aromatic heterocycles. The maximum Gasteiger partial charge on any atom is 0.389 e. The third-order valence-electron chi connectivity index (χ3n) is 2.07. The van der Waals surface area contributed by atoms with Gasteiger partial charge in [-0.3, -0.25) is 4.79 Å². The largest absolute Gasteiger partial charge is 0.396 e. The molecule has 84 valence electrons. The highest BCUT2D eigenvalue weighted by atomic mass is 19.4. The molecular weight excluding hydrogens is 197 g/mol. The normalized spacial score (nSPS) is 14.1. The Kier molecular flexibility index (Phi) is 5.76. The zero-order valence-electron chi connectivity index (χ0n) is 8.10. The molecule has 0 aliphatic carbocycles. The first-order valence-electron chi connectivity index (χ1n) is 4.55. The Balaban J connectivity index is 3.77. The van der Waals surface area contributed by atoms with Crippen molar-refractivity contribution in [3.05, 3.63) is 0 Å². The van der Waals surface area contributed by atoms with E-state index in [0.29, 0.717) is 0 Å². The number of rotatable bonds is 6. The second-order valence-electron chi connectivity index (χ2n) is 3.33. The molecule has 0 aliphatic rings. The summed E-state index contributed by atoms with van der Waals surface area (Å²) in [7, 11) is 0. The van der Waals surface area contributed by atoms with E-state index in [9.17, 15) is 18.0 Å². The van der Waals surface area contributed by atoms with Gasteiger partial charge in [0.2, 0.25) is 0 Å². The van der Waals surface area contributed by atoms with E-state index in [4.69, 9.17) is 5.11 Å². The SMILES string of the molecule is CC(=O)C(CCO)CCCC(F)(F)F. The summed E-state index contributed by atoms with van der Waals surface area (Å²) in [6.07, 6.45) is -4.60. The molecule has 0 rings (SSSR count). The lowest BCUT2D eigenvalue weighted by Gasteiger charge is -2.12. The molecule has 14 heavy (non-hydrogen) atoms. The van der Waals surface area contributed by atoms with Crippen LogP contribution in [-0.2, 0) is 4.79 Å². The molecule has 0 heterocycles. The highest BCUT2D eigenvalue weighted by Crippen LogP contribution is 2.24. The van der Waals surface area contributed by atoms with Crippen LogP contribution in [-0.4, -0.2) is 23.7 Å². The van der Waals surface area contributed by atoms with E-state index in [1.807, 2.05) is 0 Å². The van der Waals surface area contributed by atoms with E-state index >= 15 is 0 Å². The maximum atomic E-state index is 11.8. The van der Waals surface area contributed by atoms with Crippen LogP contribution in [0, 0.1) is 5.92 Å². The molecule has 2 nitrogen and oxygen atoms in total. The molecule has 1 atom stereocenters. The Hall–Kier alpha value is -0.580. The van der Waals surface area contributed by atoms with Crippen LogP contribution in [0.3, 0.4) is 0 Å². The van der Waals surface area contributed by atoms with Crippen molar-refractivity contribution in [2.75, 3.05) is 6.61 Å². The van der Waals surface area contributed by atoms with E-state index < -0.39 is 18.5 Å². The summed E-state index contributed by atoms with van der Waals surface area (Å²) in [5.74, 6) is -0.580. The Morgan fingerprint density at radius 1 is 1.36 bits per heavy atom. The van der Waals surface area contributed by atoms with Gasteiger partial charge in [-0.25, -0.2) is 0 Å². The van der Waals surface area contributed by atoms with Crippen LogP contribution < -0.4 is 0 Å². The summed E-state index contributed by atoms with van der Waals surface area (Å²) in [4.78, 5) is 10.9. The Labute approximate surface area is 81.1 Å². The maximum absolute atomic E-state index is 11.8. The van der Waals surface area contributed by atoms with Gasteiger partial charge in [-0.1, -0.05) is 0 Å². The van der Waals surface area contributed by atoms with Crippen molar-refractivity contribution in [1.82, 2.24) is 0 Å². The smallest absolute Gasteiger partial charge is 0.389 e. The van der Waals surface area contributed by atoms with Crippen LogP contribution in [0.2, 0.25) is 0 Å². The highest BCUT2D eigenvalue weighted by molar-refractivity contribution is 5.78. The number of aliphatic hydroxyl groups is 1. The van der Waals surface area contributed by atoms with Gasteiger partial charge in [-0.15, -0.1) is 0 Å². The third kappa shape index (κ3) is 6.88. The number of Topliss-reactive ketones (excluding diaryl/α,β-unsaturated/α-hetero) is 1. The summed E-state index contributed by atoms with van der Waals surface area (Å²) in [6.45, 7) is 1.18. The summed E-state index contributed by atoms with van der Waals surface area (Å²) in [5.41, 5.74) is 0. The fourth-order valence-electron chi connectivity index (χ4n) is 1.26. The lowest BCUT2D eigenvalue weighted by molar-refractivity contribution is -0.137. The molecular formula is C9H15F3O2. The van der Waals surface area contributed by atoms with E-state index in [1.165, 1.54) is 6.92 Å². The lowest BCUT2D eigenvalue weighted by atomic mass is 9.95. The number of hydrogen-bond donors (Lipinski definition) is 1. The fourth-order valence-corrected chi connectivity index (χ4v) is 1.26. The first kappa shape index (κ1) is 13.4. The van der Waals surface area contributed by atoms with Gasteiger partial charge in [0.05, 0.1) is 0 Å². The lowest BCUT2D eigenvalue weighted by Crippen LogP contribution is -2.14. The first-order chi connectivity index (χ1) is 6.37. The number of carbonyl (C=O) groups is 1. The van der Waals surface area contributed by atoms with Crippen LogP contribution in [0.1, 0.15) is 32.6 Å². The third-order valence-corrected chi connectivity index (χ3v) is 2.07. The molecule has 1 N–H and O–H groups in total. The minimum absolute atomic E-state index is 0.0479. The van der Waals surface area contributed by atoms with Gasteiger partial charge in [0.1, 0.15) is 5.78 Å². The van der Waals surface area contributed by atoms with Gasteiger partial charge in [-0.2, -0.15) is 13.2 Å². The van der Waals surface area contributed by atoms with Gasteiger partial charge < -0.3 is 5.11 Å². The molecule has 0 amide bonds. The van der Waals surface area contributed by atoms with Crippen molar-refractivity contribution in [3.63, 3.8) is 0 Å². The number of carbonyl (C=O) groups excluding carboxylic acids is 1. The van der Waals surface area contributed by atoms with Crippen molar-refractivity contribution in [2.45, 2.75) is 38.8 Å². The number of aliphatic hydroxyl groups excluding tert-OH is 1. The molecule has 0 aliphatic heterocycles. The predicted molar refractivity (Wildman–Crippen MR) is 45.8 cm³/mol. The molecule has 1 unspecified atom stereocenters. The molecule has 0 fully saturated rings. The van der Waals surface area contributed by atoms with Gasteiger partial charge in [0.15, 0.2) is 0 Å². The Bertz CT molecular complexity index is 177. The second kappa shape index (κ2) is 6.01. The fraction of sp³-hybridized carbons (Fsp3) is 0.889. The zero-order chi connectivity index (χ0) is 11.2. The second-order valence-corrected chi connectivity index (χ2v) is 3.33. The van der Waals surface area contributed by atoms with E-state index in [0.717, 1.165) is 0 Å². The Morgan fingerprint density at radius 2 is 1.93 bits per heavy atom. The van der Waals surface area contributed by atoms with Crippen molar-refractivity contribution in [2.24, 2.45) is 5.92 Å². The molecule has 0 aromatic rings. The van der Waals surface area contributed by atoms with Crippen LogP contribution in [0.25, 0.3) is 0 Å². The molecule has 0 radical (unpaired) electrons. The molecule has 0 bridgehead atoms. The van der Waals surface area contributed by atoms with Crippen molar-refractivity contribution < 1.29 is 23.1 Å². The zero-order valence-corrected chi connectivity index (χ0v) is 8.10. The quantitative estimate of drug-likeness (QED) is 0.733. The van der Waals surface area contributed by atoms with Crippen LogP contribution in [0.4, 0.5) is 13.2 Å². The van der Waals surface area contributed by atoms with Gasteiger partial charge >= 0.3 is 6.18 Å². The van der Waals surface area contributed by atoms with E-state index in [2.05, 4.69) is 0 Å². The van der Waals surface area contributed by atoms with Crippen molar-refractivity contribution in [1.29, 1.82) is 0 Å². The number of ketones is 1. The monoisotopic (exact) mass is 212 g/mol. The van der Waals surface area contributed by atoms with Gasteiger partial charge in [-0.05, 0) is 26.2 Å². The summed E-state index contributed by atoms with van der Waals surface area (Å²) in [5, 5.41) is 8.57. The van der Waals surface area contributed by atoms with Crippen molar-refractivity contribution >= 4 is 5.78 Å². The molecule has 5 heteroatoms. The summed E-state index contributed by atoms with van der Waals surface area (Å²) >= 11 is 0. The summed E-state index contributed by atoms with van der Waals surface area (Å²) in [6, 6.07) is 0. The van der Waals surface area contributed by atoms with Crippen molar-refractivity contribution in [3.8, 4) is 0 Å². The number of hydrogen-bond acceptors (Lipinski definition) is 2. The van der Waals surface area contributed by atoms with Gasteiger partial charge in [0.25, 0.3) is 0 Å². The van der Waals surface area contributed by atoms with Crippen LogP contribution in [0.5, 0.6) is 0 Å². The minimum atomic E-state index is -4.15. The number of alkyl halides is 3. The summed E-state index contributed by atoms with van der Waals surface area (Å²) < 4.78 is 35.3. The molecule has 0 saturated carbocycles. The van der Waals surface area contributed by atoms with E-state index in [1.54, 1.807) is 0 Å². The number of halogens is 3. The molecule has 0 aromatic carbocycles. The minimum Gasteiger partial charge on any atom is -0.396 e. The molecule has 0 saturated heterocycles. The highest BCUT2D eigenvalue weighted by Gasteiger charge is 2.27. The molecule has 0 spiro atoms. The average Bonchev–Trinajstić information content (AvgIpc) is 2.00. The van der Waals surface area contributed by atoms with E-state index in [-0.39, 0.29) is 31.7 Å². The first-order valence-corrected chi connectivity index (χ1v) is 4.55.